The molecule has 2 unspecified atom stereocenters. The molecule has 0 aliphatic carbocycles. The predicted octanol–water partition coefficient (Wildman–Crippen LogP) is 1.96. The molecule has 1 N–H and O–H groups in total. The molecular weight excluding hydrogens is 246 g/mol. The molecule has 0 radical (unpaired) electrons. The minimum atomic E-state index is 0.201. The molecule has 2 atom stereocenters. The first-order valence-corrected chi connectivity index (χ1v) is 7.78. The molecule has 5 heteroatoms. The zero-order valence-corrected chi connectivity index (χ0v) is 12.7. The number of aliphatic imine (C=N–C) groups is 1. The van der Waals surface area contributed by atoms with Crippen LogP contribution in [0.3, 0.4) is 0 Å². The van der Waals surface area contributed by atoms with Gasteiger partial charge in [0.2, 0.25) is 5.91 Å². The van der Waals surface area contributed by atoms with Gasteiger partial charge in [-0.2, -0.15) is 0 Å². The molecule has 1 amide bonds. The fraction of sp³-hybridized carbons (Fsp3) is 0.846. The van der Waals surface area contributed by atoms with Gasteiger partial charge in [0.15, 0.2) is 5.17 Å². The lowest BCUT2D eigenvalue weighted by Gasteiger charge is -2.28. The molecule has 18 heavy (non-hydrogen) atoms. The lowest BCUT2D eigenvalue weighted by molar-refractivity contribution is -0.130. The number of carbonyl (C=O) groups is 1. The third kappa shape index (κ3) is 4.52. The molecule has 0 spiro atoms. The summed E-state index contributed by atoms with van der Waals surface area (Å²) in [7, 11) is 0. The number of rotatable bonds is 5. The second kappa shape index (κ2) is 7.67. The molecule has 0 bridgehead atoms. The zero-order chi connectivity index (χ0) is 13.5. The summed E-state index contributed by atoms with van der Waals surface area (Å²) in [5, 5.41) is 4.38. The first kappa shape index (κ1) is 15.3. The predicted molar refractivity (Wildman–Crippen MR) is 79.1 cm³/mol. The Morgan fingerprint density at radius 1 is 1.44 bits per heavy atom. The molecule has 1 fully saturated rings. The number of carbonyl (C=O) groups excluding carboxylic acids is 1. The summed E-state index contributed by atoms with van der Waals surface area (Å²) in [4.78, 5) is 18.1. The first-order valence-electron chi connectivity index (χ1n) is 6.80. The highest BCUT2D eigenvalue weighted by molar-refractivity contribution is 8.13. The largest absolute Gasteiger partial charge is 0.362 e. The molecular formula is C13H25N3OS. The Bertz CT molecular complexity index is 303. The number of hydrogen-bond acceptors (Lipinski definition) is 3. The van der Waals surface area contributed by atoms with Crippen LogP contribution >= 0.6 is 11.8 Å². The number of amidine groups is 1. The van der Waals surface area contributed by atoms with Crippen LogP contribution in [0.25, 0.3) is 0 Å². The Morgan fingerprint density at radius 2 is 2.11 bits per heavy atom. The van der Waals surface area contributed by atoms with Crippen molar-refractivity contribution in [2.24, 2.45) is 10.9 Å². The molecule has 0 aromatic heterocycles. The Labute approximate surface area is 115 Å². The molecule has 1 aliphatic rings. The Hall–Kier alpha value is -0.710. The van der Waals surface area contributed by atoms with Gasteiger partial charge in [0.1, 0.15) is 0 Å². The number of nitrogens with zero attached hydrogens (tertiary/aromatic N) is 2. The smallest absolute Gasteiger partial charge is 0.224 e. The maximum atomic E-state index is 11.8. The van der Waals surface area contributed by atoms with Crippen molar-refractivity contribution in [3.8, 4) is 0 Å². The van der Waals surface area contributed by atoms with E-state index in [4.69, 9.17) is 0 Å². The summed E-state index contributed by atoms with van der Waals surface area (Å²) >= 11 is 1.76. The summed E-state index contributed by atoms with van der Waals surface area (Å²) in [6, 6.07) is 0.475. The van der Waals surface area contributed by atoms with E-state index < -0.39 is 0 Å². The van der Waals surface area contributed by atoms with Gasteiger partial charge in [0.25, 0.3) is 0 Å². The van der Waals surface area contributed by atoms with Gasteiger partial charge in [-0.25, -0.2) is 0 Å². The highest BCUT2D eigenvalue weighted by Crippen LogP contribution is 2.19. The zero-order valence-electron chi connectivity index (χ0n) is 11.9. The number of amides is 1. The van der Waals surface area contributed by atoms with Crippen LogP contribution in [-0.4, -0.2) is 47.4 Å². The SMILES string of the molecule is CCN(CC)C(=O)CCN=C1NC(C)C(C)CS1. The van der Waals surface area contributed by atoms with E-state index in [0.717, 1.165) is 24.0 Å². The van der Waals surface area contributed by atoms with Crippen molar-refractivity contribution in [3.05, 3.63) is 0 Å². The molecule has 0 aromatic rings. The first-order chi connectivity index (χ1) is 8.58. The van der Waals surface area contributed by atoms with E-state index in [2.05, 4.69) is 24.2 Å². The van der Waals surface area contributed by atoms with Crippen LogP contribution in [-0.2, 0) is 4.79 Å². The minimum Gasteiger partial charge on any atom is -0.362 e. The summed E-state index contributed by atoms with van der Waals surface area (Å²) in [5.74, 6) is 1.98. The van der Waals surface area contributed by atoms with E-state index in [1.165, 1.54) is 0 Å². The van der Waals surface area contributed by atoms with Gasteiger partial charge in [0.05, 0.1) is 6.54 Å². The van der Waals surface area contributed by atoms with E-state index in [1.807, 2.05) is 18.7 Å². The monoisotopic (exact) mass is 271 g/mol. The summed E-state index contributed by atoms with van der Waals surface area (Å²) in [6.07, 6.45) is 0.511. The molecule has 1 heterocycles. The maximum absolute atomic E-state index is 11.8. The third-order valence-corrected chi connectivity index (χ3v) is 4.60. The van der Waals surface area contributed by atoms with Crippen LogP contribution in [0.15, 0.2) is 4.99 Å². The normalized spacial score (nSPS) is 25.9. The molecule has 0 aromatic carbocycles. The molecule has 0 saturated carbocycles. The van der Waals surface area contributed by atoms with E-state index in [9.17, 15) is 4.79 Å². The summed E-state index contributed by atoms with van der Waals surface area (Å²) in [5.41, 5.74) is 0. The van der Waals surface area contributed by atoms with Crippen molar-refractivity contribution < 1.29 is 4.79 Å². The van der Waals surface area contributed by atoms with E-state index >= 15 is 0 Å². The van der Waals surface area contributed by atoms with Gasteiger partial charge in [0, 0.05) is 31.3 Å². The standard InChI is InChI=1S/C13H25N3OS/c1-5-16(6-2)12(17)7-8-14-13-15-11(4)10(3)9-18-13/h10-11H,5-9H2,1-4H3,(H,14,15). The molecule has 1 saturated heterocycles. The van der Waals surface area contributed by atoms with Crippen molar-refractivity contribution in [3.63, 3.8) is 0 Å². The quantitative estimate of drug-likeness (QED) is 0.831. The highest BCUT2D eigenvalue weighted by Gasteiger charge is 2.20. The molecule has 1 aliphatic heterocycles. The summed E-state index contributed by atoms with van der Waals surface area (Å²) < 4.78 is 0. The van der Waals surface area contributed by atoms with Crippen molar-refractivity contribution in [1.82, 2.24) is 10.2 Å². The van der Waals surface area contributed by atoms with Crippen LogP contribution in [0, 0.1) is 5.92 Å². The van der Waals surface area contributed by atoms with Crippen LogP contribution in [0.1, 0.15) is 34.1 Å². The fourth-order valence-corrected chi connectivity index (χ4v) is 2.97. The lowest BCUT2D eigenvalue weighted by atomic mass is 10.1. The topological polar surface area (TPSA) is 44.7 Å². The number of hydrogen-bond donors (Lipinski definition) is 1. The van der Waals surface area contributed by atoms with E-state index in [-0.39, 0.29) is 5.91 Å². The second-order valence-electron chi connectivity index (χ2n) is 4.72. The van der Waals surface area contributed by atoms with Gasteiger partial charge in [-0.05, 0) is 26.7 Å². The maximum Gasteiger partial charge on any atom is 0.224 e. The summed E-state index contributed by atoms with van der Waals surface area (Å²) in [6.45, 7) is 10.6. The Kier molecular flexibility index (Phi) is 6.54. The third-order valence-electron chi connectivity index (χ3n) is 3.38. The Balaban J connectivity index is 2.34. The van der Waals surface area contributed by atoms with Gasteiger partial charge < -0.3 is 10.2 Å². The highest BCUT2D eigenvalue weighted by atomic mass is 32.2. The average molecular weight is 271 g/mol. The van der Waals surface area contributed by atoms with Gasteiger partial charge >= 0.3 is 0 Å². The number of nitrogens with one attached hydrogen (secondary N) is 1. The van der Waals surface area contributed by atoms with Gasteiger partial charge in [-0.1, -0.05) is 18.7 Å². The fourth-order valence-electron chi connectivity index (χ4n) is 1.81. The molecule has 4 nitrogen and oxygen atoms in total. The minimum absolute atomic E-state index is 0.201. The average Bonchev–Trinajstić information content (AvgIpc) is 2.35. The van der Waals surface area contributed by atoms with E-state index in [1.54, 1.807) is 11.8 Å². The van der Waals surface area contributed by atoms with Crippen LogP contribution in [0.2, 0.25) is 0 Å². The Morgan fingerprint density at radius 3 is 2.67 bits per heavy atom. The van der Waals surface area contributed by atoms with Crippen molar-refractivity contribution >= 4 is 22.8 Å². The van der Waals surface area contributed by atoms with Crippen LogP contribution < -0.4 is 5.32 Å². The van der Waals surface area contributed by atoms with Crippen molar-refractivity contribution in [2.75, 3.05) is 25.4 Å². The van der Waals surface area contributed by atoms with Crippen LogP contribution in [0.5, 0.6) is 0 Å². The second-order valence-corrected chi connectivity index (χ2v) is 5.73. The van der Waals surface area contributed by atoms with Crippen LogP contribution in [0.4, 0.5) is 0 Å². The van der Waals surface area contributed by atoms with Gasteiger partial charge in [-0.15, -0.1) is 0 Å². The van der Waals surface area contributed by atoms with Gasteiger partial charge in [-0.3, -0.25) is 9.79 Å². The molecule has 1 rings (SSSR count). The van der Waals surface area contributed by atoms with Crippen molar-refractivity contribution in [1.29, 1.82) is 0 Å². The van der Waals surface area contributed by atoms with E-state index in [0.29, 0.717) is 24.9 Å². The molecule has 104 valence electrons. The van der Waals surface area contributed by atoms with Crippen molar-refractivity contribution in [2.45, 2.75) is 40.2 Å². The number of thioether (sulfide) groups is 1. The lowest BCUT2D eigenvalue weighted by Crippen LogP contribution is -2.41.